The number of hydrogen-bond acceptors (Lipinski definition) is 6. The fourth-order valence-electron chi connectivity index (χ4n) is 2.31. The van der Waals surface area contributed by atoms with Gasteiger partial charge in [0.25, 0.3) is 0 Å². The van der Waals surface area contributed by atoms with Crippen molar-refractivity contribution in [2.45, 2.75) is 31.3 Å². The fourth-order valence-corrected chi connectivity index (χ4v) is 2.31. The Morgan fingerprint density at radius 3 is 3.06 bits per heavy atom. The van der Waals surface area contributed by atoms with Gasteiger partial charge in [-0.15, -0.1) is 0 Å². The number of aliphatic hydroxyl groups is 2. The Morgan fingerprint density at radius 2 is 2.41 bits per heavy atom. The first-order chi connectivity index (χ1) is 8.17. The first kappa shape index (κ1) is 12.3. The maximum Gasteiger partial charge on any atom is 0.337 e. The van der Waals surface area contributed by atoms with Gasteiger partial charge in [-0.1, -0.05) is 0 Å². The molecular weight excluding hydrogens is 228 g/mol. The first-order valence-electron chi connectivity index (χ1n) is 5.55. The molecule has 2 N–H and O–H groups in total. The molecule has 1 saturated heterocycles. The van der Waals surface area contributed by atoms with E-state index >= 15 is 0 Å². The average molecular weight is 244 g/mol. The van der Waals surface area contributed by atoms with Crippen molar-refractivity contribution in [1.29, 1.82) is 0 Å². The molecule has 6 heteroatoms. The molecule has 1 fully saturated rings. The van der Waals surface area contributed by atoms with E-state index in [0.717, 1.165) is 0 Å². The van der Waals surface area contributed by atoms with Gasteiger partial charge in [-0.2, -0.15) is 0 Å². The Balaban J connectivity index is 2.14. The molecule has 2 rings (SSSR count). The van der Waals surface area contributed by atoms with E-state index in [1.807, 2.05) is 0 Å². The molecule has 0 aliphatic carbocycles. The van der Waals surface area contributed by atoms with Gasteiger partial charge in [-0.25, -0.2) is 4.79 Å². The lowest BCUT2D eigenvalue weighted by molar-refractivity contribution is -0.166. The van der Waals surface area contributed by atoms with Crippen LogP contribution >= 0.6 is 0 Å². The largest absolute Gasteiger partial charge is 0.469 e. The highest BCUT2D eigenvalue weighted by Crippen LogP contribution is 2.38. The van der Waals surface area contributed by atoms with E-state index in [1.54, 1.807) is 0 Å². The Morgan fingerprint density at radius 1 is 1.65 bits per heavy atom. The lowest BCUT2D eigenvalue weighted by Gasteiger charge is -2.28. The molecule has 4 atom stereocenters. The topological polar surface area (TPSA) is 85.2 Å². The number of hydrogen-bond donors (Lipinski definition) is 2. The molecule has 96 valence electrons. The molecule has 2 heterocycles. The summed E-state index contributed by atoms with van der Waals surface area (Å²) < 4.78 is 15.2. The number of ether oxygens (including phenoxy) is 3. The Labute approximate surface area is 98.8 Å². The summed E-state index contributed by atoms with van der Waals surface area (Å²) in [5.74, 6) is -0.706. The fraction of sp³-hybridized carbons (Fsp3) is 0.727. The zero-order valence-corrected chi connectivity index (χ0v) is 9.54. The predicted octanol–water partition coefficient (Wildman–Crippen LogP) is -0.452. The lowest BCUT2D eigenvalue weighted by Crippen LogP contribution is -2.38. The lowest BCUT2D eigenvalue weighted by atomic mass is 9.89. The normalized spacial score (nSPS) is 35.8. The Bertz CT molecular complexity index is 326. The van der Waals surface area contributed by atoms with E-state index in [4.69, 9.17) is 14.6 Å². The second-order valence-electron chi connectivity index (χ2n) is 4.17. The number of fused-ring (bicyclic) bond motifs is 1. The van der Waals surface area contributed by atoms with Gasteiger partial charge < -0.3 is 24.4 Å². The highest BCUT2D eigenvalue weighted by atomic mass is 16.6. The molecule has 0 saturated carbocycles. The van der Waals surface area contributed by atoms with Crippen LogP contribution in [0.1, 0.15) is 12.8 Å². The van der Waals surface area contributed by atoms with Crippen molar-refractivity contribution in [2.24, 2.45) is 5.92 Å². The second-order valence-corrected chi connectivity index (χ2v) is 4.17. The van der Waals surface area contributed by atoms with Crippen LogP contribution in [0.3, 0.4) is 0 Å². The number of carbonyl (C=O) groups is 1. The van der Waals surface area contributed by atoms with Gasteiger partial charge in [-0.3, -0.25) is 0 Å². The van der Waals surface area contributed by atoms with Crippen LogP contribution in [-0.4, -0.2) is 48.4 Å². The Hall–Kier alpha value is -1.11. The minimum Gasteiger partial charge on any atom is -0.469 e. The summed E-state index contributed by atoms with van der Waals surface area (Å²) in [7, 11) is 1.30. The molecule has 0 aromatic heterocycles. The third kappa shape index (κ3) is 2.29. The Kier molecular flexibility index (Phi) is 3.66. The SMILES string of the molecule is COC(=O)C1=COC(O)[C@@H]2OC(CCO)C[C@H]12. The molecule has 0 aromatic carbocycles. The van der Waals surface area contributed by atoms with Crippen molar-refractivity contribution < 1.29 is 29.2 Å². The van der Waals surface area contributed by atoms with Crippen molar-refractivity contribution in [3.8, 4) is 0 Å². The van der Waals surface area contributed by atoms with E-state index in [2.05, 4.69) is 4.74 Å². The van der Waals surface area contributed by atoms with Gasteiger partial charge in [0.1, 0.15) is 6.10 Å². The third-order valence-electron chi connectivity index (χ3n) is 3.15. The number of esters is 1. The molecule has 6 nitrogen and oxygen atoms in total. The number of carbonyl (C=O) groups excluding carboxylic acids is 1. The van der Waals surface area contributed by atoms with Gasteiger partial charge in [0.2, 0.25) is 6.29 Å². The molecule has 0 amide bonds. The maximum atomic E-state index is 11.5. The van der Waals surface area contributed by atoms with Gasteiger partial charge in [0.05, 0.1) is 25.0 Å². The number of aliphatic hydroxyl groups excluding tert-OH is 2. The van der Waals surface area contributed by atoms with E-state index in [9.17, 15) is 9.90 Å². The molecule has 0 radical (unpaired) electrons. The quantitative estimate of drug-likeness (QED) is 0.654. The van der Waals surface area contributed by atoms with Crippen LogP contribution in [0.4, 0.5) is 0 Å². The molecule has 2 aliphatic heterocycles. The standard InChI is InChI=1S/C11H16O6/c1-15-10(13)8-5-16-11(14)9-7(8)4-6(17-9)2-3-12/h5-7,9,11-12,14H,2-4H2,1H3/t6?,7-,9-,11?/m1/s1. The molecule has 0 bridgehead atoms. The number of rotatable bonds is 3. The molecule has 2 unspecified atom stereocenters. The van der Waals surface area contributed by atoms with E-state index in [0.29, 0.717) is 18.4 Å². The smallest absolute Gasteiger partial charge is 0.337 e. The minimum absolute atomic E-state index is 0.0122. The van der Waals surface area contributed by atoms with Gasteiger partial charge in [0, 0.05) is 12.5 Å². The molecule has 17 heavy (non-hydrogen) atoms. The zero-order chi connectivity index (χ0) is 12.4. The zero-order valence-electron chi connectivity index (χ0n) is 9.54. The summed E-state index contributed by atoms with van der Waals surface area (Å²) in [6.45, 7) is 0.0122. The van der Waals surface area contributed by atoms with Crippen molar-refractivity contribution in [1.82, 2.24) is 0 Å². The average Bonchev–Trinajstić information content (AvgIpc) is 2.74. The molecule has 0 aromatic rings. The highest BCUT2D eigenvalue weighted by Gasteiger charge is 2.46. The molecule has 2 aliphatic rings. The van der Waals surface area contributed by atoms with Crippen molar-refractivity contribution in [3.05, 3.63) is 11.8 Å². The van der Waals surface area contributed by atoms with Crippen molar-refractivity contribution >= 4 is 5.97 Å². The number of methoxy groups -OCH3 is 1. The maximum absolute atomic E-state index is 11.5. The summed E-state index contributed by atoms with van der Waals surface area (Å²) in [4.78, 5) is 11.5. The molecular formula is C11H16O6. The van der Waals surface area contributed by atoms with Crippen LogP contribution in [0.25, 0.3) is 0 Å². The van der Waals surface area contributed by atoms with Crippen LogP contribution in [0, 0.1) is 5.92 Å². The third-order valence-corrected chi connectivity index (χ3v) is 3.15. The van der Waals surface area contributed by atoms with Crippen LogP contribution < -0.4 is 0 Å². The van der Waals surface area contributed by atoms with E-state index in [-0.39, 0.29) is 18.6 Å². The van der Waals surface area contributed by atoms with Crippen LogP contribution in [0.2, 0.25) is 0 Å². The van der Waals surface area contributed by atoms with Crippen LogP contribution in [0.15, 0.2) is 11.8 Å². The van der Waals surface area contributed by atoms with E-state index in [1.165, 1.54) is 13.4 Å². The van der Waals surface area contributed by atoms with Crippen molar-refractivity contribution in [3.63, 3.8) is 0 Å². The van der Waals surface area contributed by atoms with Gasteiger partial charge in [0.15, 0.2) is 0 Å². The first-order valence-corrected chi connectivity index (χ1v) is 5.55. The summed E-state index contributed by atoms with van der Waals surface area (Å²) in [5, 5.41) is 18.5. The molecule has 0 spiro atoms. The van der Waals surface area contributed by atoms with E-state index < -0.39 is 18.4 Å². The monoisotopic (exact) mass is 244 g/mol. The highest BCUT2D eigenvalue weighted by molar-refractivity contribution is 5.89. The summed E-state index contributed by atoms with van der Waals surface area (Å²) in [5.41, 5.74) is 0.378. The van der Waals surface area contributed by atoms with Gasteiger partial charge >= 0.3 is 5.97 Å². The summed E-state index contributed by atoms with van der Waals surface area (Å²) in [6, 6.07) is 0. The summed E-state index contributed by atoms with van der Waals surface area (Å²) >= 11 is 0. The minimum atomic E-state index is -1.07. The van der Waals surface area contributed by atoms with Crippen LogP contribution in [-0.2, 0) is 19.0 Å². The summed E-state index contributed by atoms with van der Waals surface area (Å²) in [6.07, 6.45) is 0.491. The second kappa shape index (κ2) is 5.03. The van der Waals surface area contributed by atoms with Gasteiger partial charge in [-0.05, 0) is 12.8 Å². The van der Waals surface area contributed by atoms with Crippen LogP contribution in [0.5, 0.6) is 0 Å². The predicted molar refractivity (Wildman–Crippen MR) is 55.7 cm³/mol. The van der Waals surface area contributed by atoms with Crippen molar-refractivity contribution in [2.75, 3.05) is 13.7 Å².